The molecule has 2 aromatic heterocycles. The second-order valence-electron chi connectivity index (χ2n) is 7.69. The van der Waals surface area contributed by atoms with E-state index in [0.29, 0.717) is 18.3 Å². The van der Waals surface area contributed by atoms with Crippen molar-refractivity contribution >= 4 is 17.7 Å². The molecular weight excluding hydrogens is 412 g/mol. The Morgan fingerprint density at radius 2 is 2.10 bits per heavy atom. The highest BCUT2D eigenvalue weighted by Gasteiger charge is 2.22. The van der Waals surface area contributed by atoms with Crippen LogP contribution >= 0.6 is 11.8 Å². The third kappa shape index (κ3) is 4.76. The molecule has 0 radical (unpaired) electrons. The van der Waals surface area contributed by atoms with Gasteiger partial charge in [-0.1, -0.05) is 36.7 Å². The molecule has 1 amide bonds. The minimum atomic E-state index is 0.0579. The average molecular weight is 441 g/mol. The molecule has 2 heterocycles. The molecule has 3 aromatic rings. The second kappa shape index (κ2) is 9.55. The minimum Gasteiger partial charge on any atom is -0.497 e. The zero-order chi connectivity index (χ0) is 21.8. The third-order valence-corrected chi connectivity index (χ3v) is 6.47. The van der Waals surface area contributed by atoms with Gasteiger partial charge in [-0.05, 0) is 31.9 Å². The van der Waals surface area contributed by atoms with Gasteiger partial charge in [0.25, 0.3) is 0 Å². The van der Waals surface area contributed by atoms with Crippen molar-refractivity contribution in [2.45, 2.75) is 50.4 Å². The van der Waals surface area contributed by atoms with Crippen molar-refractivity contribution in [2.24, 2.45) is 7.05 Å². The molecule has 1 aliphatic rings. The number of carbonyl (C=O) groups is 1. The van der Waals surface area contributed by atoms with Crippen molar-refractivity contribution in [3.63, 3.8) is 0 Å². The highest BCUT2D eigenvalue weighted by molar-refractivity contribution is 7.99. The molecule has 1 saturated carbocycles. The summed E-state index contributed by atoms with van der Waals surface area (Å²) in [4.78, 5) is 12.3. The molecule has 31 heavy (non-hydrogen) atoms. The van der Waals surface area contributed by atoms with E-state index in [-0.39, 0.29) is 5.91 Å². The van der Waals surface area contributed by atoms with Gasteiger partial charge >= 0.3 is 0 Å². The SMILES string of the molecule is CCn1c(SCC(=O)NC2CCCC2)nnc1-c1cn(C)nc1-c1cccc(OC)c1. The van der Waals surface area contributed by atoms with E-state index in [1.165, 1.54) is 24.6 Å². The van der Waals surface area contributed by atoms with Gasteiger partial charge in [0.2, 0.25) is 5.91 Å². The highest BCUT2D eigenvalue weighted by atomic mass is 32.2. The van der Waals surface area contributed by atoms with E-state index < -0.39 is 0 Å². The molecule has 1 N–H and O–H groups in total. The average Bonchev–Trinajstić information content (AvgIpc) is 3.51. The Morgan fingerprint density at radius 1 is 1.29 bits per heavy atom. The molecule has 9 heteroatoms. The lowest BCUT2D eigenvalue weighted by Gasteiger charge is -2.11. The molecule has 1 aromatic carbocycles. The van der Waals surface area contributed by atoms with Crippen LogP contribution in [0.1, 0.15) is 32.6 Å². The Labute approximate surface area is 186 Å². The van der Waals surface area contributed by atoms with Gasteiger partial charge in [-0.25, -0.2) is 0 Å². The Kier molecular flexibility index (Phi) is 6.60. The van der Waals surface area contributed by atoms with E-state index in [1.807, 2.05) is 42.1 Å². The van der Waals surface area contributed by atoms with Gasteiger partial charge in [0, 0.05) is 31.4 Å². The number of ether oxygens (including phenoxy) is 1. The number of hydrogen-bond acceptors (Lipinski definition) is 6. The van der Waals surface area contributed by atoms with E-state index in [2.05, 4.69) is 27.5 Å². The number of amides is 1. The molecule has 0 aliphatic heterocycles. The summed E-state index contributed by atoms with van der Waals surface area (Å²) >= 11 is 1.42. The number of nitrogens with one attached hydrogen (secondary N) is 1. The number of hydrogen-bond donors (Lipinski definition) is 1. The number of aryl methyl sites for hydroxylation is 1. The fraction of sp³-hybridized carbons (Fsp3) is 0.455. The number of carbonyl (C=O) groups excluding carboxylic acids is 1. The van der Waals surface area contributed by atoms with Gasteiger partial charge < -0.3 is 14.6 Å². The van der Waals surface area contributed by atoms with Crippen LogP contribution in [0.15, 0.2) is 35.6 Å². The number of rotatable bonds is 8. The fourth-order valence-corrected chi connectivity index (χ4v) is 4.80. The van der Waals surface area contributed by atoms with Crippen molar-refractivity contribution in [1.82, 2.24) is 29.9 Å². The molecular formula is C22H28N6O2S. The molecule has 8 nitrogen and oxygen atoms in total. The van der Waals surface area contributed by atoms with Gasteiger partial charge in [0.05, 0.1) is 18.4 Å². The maximum atomic E-state index is 12.3. The van der Waals surface area contributed by atoms with Crippen LogP contribution in [0.4, 0.5) is 0 Å². The maximum Gasteiger partial charge on any atom is 0.230 e. The topological polar surface area (TPSA) is 86.9 Å². The van der Waals surface area contributed by atoms with Gasteiger partial charge in [0.15, 0.2) is 11.0 Å². The first-order valence-corrected chi connectivity index (χ1v) is 11.6. The molecule has 0 bridgehead atoms. The monoisotopic (exact) mass is 440 g/mol. The van der Waals surface area contributed by atoms with Crippen LogP contribution in [-0.4, -0.2) is 49.4 Å². The van der Waals surface area contributed by atoms with Crippen molar-refractivity contribution in [2.75, 3.05) is 12.9 Å². The van der Waals surface area contributed by atoms with E-state index in [1.54, 1.807) is 11.8 Å². The lowest BCUT2D eigenvalue weighted by molar-refractivity contribution is -0.119. The van der Waals surface area contributed by atoms with Crippen molar-refractivity contribution in [3.8, 4) is 28.4 Å². The summed E-state index contributed by atoms with van der Waals surface area (Å²) < 4.78 is 9.18. The lowest BCUT2D eigenvalue weighted by Crippen LogP contribution is -2.33. The van der Waals surface area contributed by atoms with Gasteiger partial charge in [-0.2, -0.15) is 5.10 Å². The summed E-state index contributed by atoms with van der Waals surface area (Å²) in [7, 11) is 3.54. The number of methoxy groups -OCH3 is 1. The quantitative estimate of drug-likeness (QED) is 0.539. The Morgan fingerprint density at radius 3 is 2.84 bits per heavy atom. The zero-order valence-corrected chi connectivity index (χ0v) is 19.0. The van der Waals surface area contributed by atoms with Crippen LogP contribution in [0.3, 0.4) is 0 Å². The van der Waals surface area contributed by atoms with E-state index >= 15 is 0 Å². The zero-order valence-electron chi connectivity index (χ0n) is 18.2. The van der Waals surface area contributed by atoms with Crippen LogP contribution in [0.2, 0.25) is 0 Å². The highest BCUT2D eigenvalue weighted by Crippen LogP contribution is 2.33. The van der Waals surface area contributed by atoms with Crippen molar-refractivity contribution in [1.29, 1.82) is 0 Å². The molecule has 0 unspecified atom stereocenters. The number of benzene rings is 1. The predicted molar refractivity (Wildman–Crippen MR) is 121 cm³/mol. The Bertz CT molecular complexity index is 1050. The van der Waals surface area contributed by atoms with Crippen LogP contribution in [-0.2, 0) is 18.4 Å². The van der Waals surface area contributed by atoms with E-state index in [0.717, 1.165) is 46.4 Å². The number of aromatic nitrogens is 5. The molecule has 0 saturated heterocycles. The maximum absolute atomic E-state index is 12.3. The van der Waals surface area contributed by atoms with Gasteiger partial charge in [0.1, 0.15) is 11.4 Å². The van der Waals surface area contributed by atoms with Crippen molar-refractivity contribution in [3.05, 3.63) is 30.5 Å². The van der Waals surface area contributed by atoms with Crippen molar-refractivity contribution < 1.29 is 9.53 Å². The van der Waals surface area contributed by atoms with Gasteiger partial charge in [-0.15, -0.1) is 10.2 Å². The molecule has 0 atom stereocenters. The smallest absolute Gasteiger partial charge is 0.230 e. The third-order valence-electron chi connectivity index (χ3n) is 5.50. The number of thioether (sulfide) groups is 1. The summed E-state index contributed by atoms with van der Waals surface area (Å²) in [5.41, 5.74) is 2.66. The minimum absolute atomic E-state index is 0.0579. The molecule has 4 rings (SSSR count). The number of nitrogens with zero attached hydrogens (tertiary/aromatic N) is 5. The fourth-order valence-electron chi connectivity index (χ4n) is 3.99. The van der Waals surface area contributed by atoms with Crippen LogP contribution in [0, 0.1) is 0 Å². The first-order valence-electron chi connectivity index (χ1n) is 10.6. The summed E-state index contributed by atoms with van der Waals surface area (Å²) in [6.45, 7) is 2.75. The Balaban J connectivity index is 1.57. The molecule has 164 valence electrons. The van der Waals surface area contributed by atoms with E-state index in [9.17, 15) is 4.79 Å². The summed E-state index contributed by atoms with van der Waals surface area (Å²) in [6.07, 6.45) is 6.52. The largest absolute Gasteiger partial charge is 0.497 e. The Hall–Kier alpha value is -2.81. The first-order chi connectivity index (χ1) is 15.1. The standard InChI is InChI=1S/C22H28N6O2S/c1-4-28-21(24-25-22(28)31-14-19(29)23-16-9-5-6-10-16)18-13-27(2)26-20(18)15-8-7-11-17(12-15)30-3/h7-8,11-13,16H,4-6,9-10,14H2,1-3H3,(H,23,29). The normalized spacial score (nSPS) is 14.2. The predicted octanol–water partition coefficient (Wildman–Crippen LogP) is 3.53. The van der Waals surface area contributed by atoms with E-state index in [4.69, 9.17) is 4.74 Å². The molecule has 0 spiro atoms. The summed E-state index contributed by atoms with van der Waals surface area (Å²) in [5.74, 6) is 1.91. The van der Waals surface area contributed by atoms with Crippen LogP contribution in [0.5, 0.6) is 5.75 Å². The summed E-state index contributed by atoms with van der Waals surface area (Å²) in [5, 5.41) is 17.4. The first kappa shape index (κ1) is 21.4. The van der Waals surface area contributed by atoms with Crippen LogP contribution < -0.4 is 10.1 Å². The second-order valence-corrected chi connectivity index (χ2v) is 8.63. The molecule has 1 aliphatic carbocycles. The molecule has 1 fully saturated rings. The lowest BCUT2D eigenvalue weighted by atomic mass is 10.1. The summed E-state index contributed by atoms with van der Waals surface area (Å²) in [6, 6.07) is 8.15. The van der Waals surface area contributed by atoms with Gasteiger partial charge in [-0.3, -0.25) is 9.48 Å². The van der Waals surface area contributed by atoms with Crippen LogP contribution in [0.25, 0.3) is 22.6 Å².